The maximum absolute atomic E-state index is 14.7. The third-order valence-corrected chi connectivity index (χ3v) is 8.55. The third kappa shape index (κ3) is 6.51. The quantitative estimate of drug-likeness (QED) is 0.309. The van der Waals surface area contributed by atoms with Crippen molar-refractivity contribution in [2.75, 3.05) is 6.61 Å². The van der Waals surface area contributed by atoms with Gasteiger partial charge in [-0.2, -0.15) is 8.78 Å². The summed E-state index contributed by atoms with van der Waals surface area (Å²) in [5.41, 5.74) is 1.38. The van der Waals surface area contributed by atoms with Crippen LogP contribution in [0.4, 0.5) is 17.6 Å². The fourth-order valence-electron chi connectivity index (χ4n) is 6.20. The minimum absolute atomic E-state index is 0.117. The number of halogens is 4. The summed E-state index contributed by atoms with van der Waals surface area (Å²) in [6.45, 7) is 4.10. The molecule has 2 aliphatic carbocycles. The van der Waals surface area contributed by atoms with E-state index in [-0.39, 0.29) is 24.5 Å². The smallest absolute Gasteiger partial charge is 0.316 e. The first-order valence-corrected chi connectivity index (χ1v) is 13.9. The molecule has 0 heterocycles. The average Bonchev–Trinajstić information content (AvgIpc) is 2.87. The van der Waals surface area contributed by atoms with Gasteiger partial charge in [0.2, 0.25) is 0 Å². The topological polar surface area (TPSA) is 9.23 Å². The molecule has 0 radical (unpaired) electrons. The molecule has 0 aromatic heterocycles. The van der Waals surface area contributed by atoms with Crippen molar-refractivity contribution in [2.24, 2.45) is 11.8 Å². The molecule has 0 spiro atoms. The van der Waals surface area contributed by atoms with E-state index < -0.39 is 23.3 Å². The fourth-order valence-corrected chi connectivity index (χ4v) is 6.20. The molecule has 0 unspecified atom stereocenters. The summed E-state index contributed by atoms with van der Waals surface area (Å²) < 4.78 is 63.6. The molecule has 0 saturated heterocycles. The molecule has 36 heavy (non-hydrogen) atoms. The van der Waals surface area contributed by atoms with Crippen molar-refractivity contribution in [3.05, 3.63) is 70.3 Å². The van der Waals surface area contributed by atoms with Crippen LogP contribution < -0.4 is 0 Å². The lowest BCUT2D eigenvalue weighted by Crippen LogP contribution is -2.23. The lowest BCUT2D eigenvalue weighted by atomic mass is 9.77. The molecular weight excluding hydrogens is 464 g/mol. The summed E-state index contributed by atoms with van der Waals surface area (Å²) in [5.74, 6) is -0.772. The van der Waals surface area contributed by atoms with Crippen LogP contribution in [-0.4, -0.2) is 6.61 Å². The van der Waals surface area contributed by atoms with Gasteiger partial charge in [0, 0.05) is 0 Å². The molecule has 2 saturated carbocycles. The highest BCUT2D eigenvalue weighted by molar-refractivity contribution is 5.31. The van der Waals surface area contributed by atoms with Gasteiger partial charge in [0.05, 0.1) is 12.2 Å². The first-order valence-electron chi connectivity index (χ1n) is 13.9. The molecule has 0 aliphatic heterocycles. The van der Waals surface area contributed by atoms with Crippen LogP contribution in [0.3, 0.4) is 0 Å². The molecule has 1 nitrogen and oxygen atoms in total. The van der Waals surface area contributed by atoms with E-state index in [2.05, 4.69) is 26.0 Å². The Labute approximate surface area is 213 Å². The average molecular weight is 505 g/mol. The molecule has 2 aromatic carbocycles. The maximum Gasteiger partial charge on any atom is 0.386 e. The number of hydrogen-bond acceptors (Lipinski definition) is 1. The van der Waals surface area contributed by atoms with E-state index in [9.17, 15) is 17.6 Å². The molecule has 0 amide bonds. The van der Waals surface area contributed by atoms with Gasteiger partial charge in [0.1, 0.15) is 0 Å². The molecule has 4 rings (SSSR count). The highest BCUT2D eigenvalue weighted by atomic mass is 19.3. The molecule has 198 valence electrons. The summed E-state index contributed by atoms with van der Waals surface area (Å²) in [6, 6.07) is 10.4. The predicted octanol–water partition coefficient (Wildman–Crippen LogP) is 9.64. The van der Waals surface area contributed by atoms with Gasteiger partial charge in [-0.1, -0.05) is 69.9 Å². The summed E-state index contributed by atoms with van der Waals surface area (Å²) >= 11 is 0. The fraction of sp³-hybridized carbons (Fsp3) is 0.613. The lowest BCUT2D eigenvalue weighted by molar-refractivity contribution is -0.249. The van der Waals surface area contributed by atoms with Crippen LogP contribution in [0.5, 0.6) is 0 Å². The molecule has 0 N–H and O–H groups in total. The Bertz CT molecular complexity index is 971. The normalized spacial score (nSPS) is 25.2. The Balaban J connectivity index is 1.31. The number of benzene rings is 2. The highest BCUT2D eigenvalue weighted by Crippen LogP contribution is 2.40. The number of alkyl halides is 2. The second kappa shape index (κ2) is 12.1. The van der Waals surface area contributed by atoms with Gasteiger partial charge >= 0.3 is 6.11 Å². The van der Waals surface area contributed by atoms with Crippen LogP contribution in [0, 0.1) is 23.5 Å². The van der Waals surface area contributed by atoms with Crippen LogP contribution in [0.25, 0.3) is 0 Å². The van der Waals surface area contributed by atoms with Crippen molar-refractivity contribution in [2.45, 2.75) is 102 Å². The van der Waals surface area contributed by atoms with Crippen molar-refractivity contribution in [3.63, 3.8) is 0 Å². The Hall–Kier alpha value is -1.88. The summed E-state index contributed by atoms with van der Waals surface area (Å²) in [5, 5.41) is 0. The maximum atomic E-state index is 14.7. The van der Waals surface area contributed by atoms with Crippen molar-refractivity contribution >= 4 is 0 Å². The molecule has 2 aromatic rings. The highest BCUT2D eigenvalue weighted by Gasteiger charge is 2.38. The summed E-state index contributed by atoms with van der Waals surface area (Å²) in [4.78, 5) is 0. The van der Waals surface area contributed by atoms with Crippen LogP contribution >= 0.6 is 0 Å². The lowest BCUT2D eigenvalue weighted by Gasteiger charge is -2.28. The molecule has 0 atom stereocenters. The van der Waals surface area contributed by atoms with Crippen molar-refractivity contribution in [1.82, 2.24) is 0 Å². The number of rotatable bonds is 9. The van der Waals surface area contributed by atoms with Crippen LogP contribution in [-0.2, 0) is 17.3 Å². The number of ether oxygens (including phenoxy) is 1. The Morgan fingerprint density at radius 2 is 1.44 bits per heavy atom. The van der Waals surface area contributed by atoms with E-state index in [1.54, 1.807) is 0 Å². The molecule has 2 fully saturated rings. The van der Waals surface area contributed by atoms with Crippen LogP contribution in [0.1, 0.15) is 112 Å². The largest absolute Gasteiger partial charge is 0.386 e. The first kappa shape index (κ1) is 27.2. The Morgan fingerprint density at radius 1 is 0.806 bits per heavy atom. The van der Waals surface area contributed by atoms with E-state index in [0.29, 0.717) is 11.8 Å². The van der Waals surface area contributed by atoms with Crippen molar-refractivity contribution in [1.29, 1.82) is 0 Å². The monoisotopic (exact) mass is 504 g/mol. The zero-order chi connectivity index (χ0) is 25.7. The SMILES string of the molecule is CCC[C@H]1CC[C@H](c2ccc(CCOC(F)(F)c3ccc([C@H]4CC[C@H](C)CC4)c(F)c3F)cc2)CC1. The van der Waals surface area contributed by atoms with Gasteiger partial charge in [-0.15, -0.1) is 0 Å². The van der Waals surface area contributed by atoms with Crippen LogP contribution in [0.2, 0.25) is 0 Å². The van der Waals surface area contributed by atoms with E-state index >= 15 is 0 Å². The standard InChI is InChI=1S/C31H40F4O/c1-3-4-22-7-13-24(14-8-22)25-15-9-23(10-16-25)19-20-36-31(34,35)28-18-17-27(29(32)30(28)33)26-11-5-21(2)6-12-26/h9-10,15-18,21-22,24,26H,3-8,11-14,19-20H2,1-2H3/t21-,22-,24-,26-. The number of hydrogen-bond donors (Lipinski definition) is 0. The Kier molecular flexibility index (Phi) is 9.14. The molecule has 0 bridgehead atoms. The predicted molar refractivity (Wildman–Crippen MR) is 136 cm³/mol. The van der Waals surface area contributed by atoms with E-state index in [0.717, 1.165) is 43.2 Å². The van der Waals surface area contributed by atoms with Gasteiger partial charge < -0.3 is 4.74 Å². The minimum Gasteiger partial charge on any atom is -0.316 e. The van der Waals surface area contributed by atoms with Gasteiger partial charge in [-0.05, 0) is 91.4 Å². The minimum atomic E-state index is -3.89. The molecule has 2 aliphatic rings. The van der Waals surface area contributed by atoms with E-state index in [1.807, 2.05) is 12.1 Å². The van der Waals surface area contributed by atoms with Crippen molar-refractivity contribution < 1.29 is 22.3 Å². The second-order valence-corrected chi connectivity index (χ2v) is 11.2. The van der Waals surface area contributed by atoms with Gasteiger partial charge in [-0.3, -0.25) is 0 Å². The van der Waals surface area contributed by atoms with Crippen LogP contribution in [0.15, 0.2) is 36.4 Å². The first-order chi connectivity index (χ1) is 17.3. The van der Waals surface area contributed by atoms with Crippen molar-refractivity contribution in [3.8, 4) is 0 Å². The van der Waals surface area contributed by atoms with Gasteiger partial charge in [-0.25, -0.2) is 8.78 Å². The third-order valence-electron chi connectivity index (χ3n) is 8.55. The summed E-state index contributed by atoms with van der Waals surface area (Å²) in [6.07, 6.45) is 7.31. The summed E-state index contributed by atoms with van der Waals surface area (Å²) in [7, 11) is 0. The van der Waals surface area contributed by atoms with Gasteiger partial charge in [0.25, 0.3) is 0 Å². The van der Waals surface area contributed by atoms with Gasteiger partial charge in [0.15, 0.2) is 11.6 Å². The second-order valence-electron chi connectivity index (χ2n) is 11.2. The zero-order valence-electron chi connectivity index (χ0n) is 21.7. The molecular formula is C31H40F4O. The zero-order valence-corrected chi connectivity index (χ0v) is 21.7. The van der Waals surface area contributed by atoms with E-state index in [1.165, 1.54) is 50.2 Å². The Morgan fingerprint density at radius 3 is 2.08 bits per heavy atom. The van der Waals surface area contributed by atoms with E-state index in [4.69, 9.17) is 4.74 Å². The molecule has 5 heteroatoms.